The van der Waals surface area contributed by atoms with Gasteiger partial charge in [0.2, 0.25) is 5.91 Å². The van der Waals surface area contributed by atoms with Gasteiger partial charge in [0.1, 0.15) is 5.54 Å². The lowest BCUT2D eigenvalue weighted by Crippen LogP contribution is -2.43. The molecule has 0 saturated heterocycles. The van der Waals surface area contributed by atoms with E-state index in [0.717, 1.165) is 5.56 Å². The molecule has 0 aliphatic heterocycles. The highest BCUT2D eigenvalue weighted by Crippen LogP contribution is 2.35. The van der Waals surface area contributed by atoms with Crippen LogP contribution in [0.1, 0.15) is 24.8 Å². The van der Waals surface area contributed by atoms with Crippen molar-refractivity contribution in [2.45, 2.75) is 31.2 Å². The van der Waals surface area contributed by atoms with Crippen LogP contribution in [0.4, 0.5) is 0 Å². The van der Waals surface area contributed by atoms with Crippen LogP contribution in [0.2, 0.25) is 0 Å². The molecule has 0 atom stereocenters. The highest BCUT2D eigenvalue weighted by Gasteiger charge is 2.51. The van der Waals surface area contributed by atoms with E-state index in [4.69, 9.17) is 9.52 Å². The fourth-order valence-corrected chi connectivity index (χ4v) is 1.54. The van der Waals surface area contributed by atoms with Gasteiger partial charge in [0, 0.05) is 6.42 Å². The predicted molar refractivity (Wildman–Crippen MR) is 54.8 cm³/mol. The fraction of sp³-hybridized carbons (Fsp3) is 0.455. The Balaban J connectivity index is 1.79. The Morgan fingerprint density at radius 3 is 2.75 bits per heavy atom. The van der Waals surface area contributed by atoms with Gasteiger partial charge in [0.25, 0.3) is 0 Å². The van der Waals surface area contributed by atoms with Crippen LogP contribution in [-0.4, -0.2) is 22.5 Å². The largest absolute Gasteiger partial charge is 0.480 e. The summed E-state index contributed by atoms with van der Waals surface area (Å²) in [5.74, 6) is -1.16. The van der Waals surface area contributed by atoms with Gasteiger partial charge in [0.15, 0.2) is 0 Å². The zero-order valence-electron chi connectivity index (χ0n) is 8.73. The molecule has 0 bridgehead atoms. The number of carbonyl (C=O) groups excluding carboxylic acids is 1. The molecule has 16 heavy (non-hydrogen) atoms. The predicted octanol–water partition coefficient (Wildman–Crippen LogP) is 0.946. The van der Waals surface area contributed by atoms with Crippen LogP contribution in [0, 0.1) is 0 Å². The summed E-state index contributed by atoms with van der Waals surface area (Å²) in [4.78, 5) is 22.3. The molecule has 5 heteroatoms. The molecule has 1 saturated carbocycles. The van der Waals surface area contributed by atoms with Crippen molar-refractivity contribution < 1.29 is 19.1 Å². The van der Waals surface area contributed by atoms with E-state index in [1.807, 2.05) is 0 Å². The normalized spacial score (nSPS) is 16.8. The third-order valence-corrected chi connectivity index (χ3v) is 2.76. The molecule has 1 amide bonds. The summed E-state index contributed by atoms with van der Waals surface area (Å²) in [7, 11) is 0. The van der Waals surface area contributed by atoms with Gasteiger partial charge in [-0.3, -0.25) is 4.79 Å². The molecule has 2 N–H and O–H groups in total. The van der Waals surface area contributed by atoms with Crippen LogP contribution in [0.3, 0.4) is 0 Å². The molecule has 1 fully saturated rings. The Morgan fingerprint density at radius 1 is 1.50 bits per heavy atom. The molecule has 0 spiro atoms. The summed E-state index contributed by atoms with van der Waals surface area (Å²) in [6, 6.07) is 1.79. The number of aliphatic carboxylic acids is 1. The molecule has 1 heterocycles. The maximum atomic E-state index is 11.5. The molecule has 0 unspecified atom stereocenters. The van der Waals surface area contributed by atoms with E-state index in [-0.39, 0.29) is 12.3 Å². The summed E-state index contributed by atoms with van der Waals surface area (Å²) in [5, 5.41) is 11.4. The average molecular weight is 223 g/mol. The second kappa shape index (κ2) is 4.00. The van der Waals surface area contributed by atoms with E-state index >= 15 is 0 Å². The molecule has 1 aromatic rings. The van der Waals surface area contributed by atoms with Gasteiger partial charge in [-0.2, -0.15) is 0 Å². The molecule has 5 nitrogen and oxygen atoms in total. The Kier molecular flexibility index (Phi) is 2.68. The maximum absolute atomic E-state index is 11.5. The average Bonchev–Trinajstić information content (AvgIpc) is 2.84. The van der Waals surface area contributed by atoms with Gasteiger partial charge in [0.05, 0.1) is 12.5 Å². The van der Waals surface area contributed by atoms with Crippen LogP contribution in [0.25, 0.3) is 0 Å². The van der Waals surface area contributed by atoms with Gasteiger partial charge in [-0.1, -0.05) is 0 Å². The number of furan rings is 1. The van der Waals surface area contributed by atoms with Crippen LogP contribution >= 0.6 is 0 Å². The first-order valence-electron chi connectivity index (χ1n) is 5.18. The second-order valence-electron chi connectivity index (χ2n) is 4.07. The summed E-state index contributed by atoms with van der Waals surface area (Å²) in [5.41, 5.74) is -0.0386. The lowest BCUT2D eigenvalue weighted by atomic mass is 10.1. The summed E-state index contributed by atoms with van der Waals surface area (Å²) in [6.07, 6.45) is 5.04. The standard InChI is InChI=1S/C11H13NO4/c13-9(2-1-8-3-6-16-7-8)12-11(4-5-11)10(14)15/h3,6-7H,1-2,4-5H2,(H,12,13)(H,14,15). The van der Waals surface area contributed by atoms with Crippen molar-refractivity contribution in [1.82, 2.24) is 5.32 Å². The SMILES string of the molecule is O=C(CCc1ccoc1)NC1(C(=O)O)CC1. The highest BCUT2D eigenvalue weighted by molar-refractivity contribution is 5.89. The zero-order valence-corrected chi connectivity index (χ0v) is 8.73. The number of carboxylic acid groups (broad SMARTS) is 1. The van der Waals surface area contributed by atoms with E-state index in [2.05, 4.69) is 5.32 Å². The number of carboxylic acids is 1. The van der Waals surface area contributed by atoms with E-state index in [0.29, 0.717) is 19.3 Å². The van der Waals surface area contributed by atoms with Gasteiger partial charge in [-0.05, 0) is 30.9 Å². The van der Waals surface area contributed by atoms with Crippen LogP contribution < -0.4 is 5.32 Å². The molecule has 1 aliphatic rings. The minimum absolute atomic E-state index is 0.221. The first-order valence-corrected chi connectivity index (χ1v) is 5.18. The van der Waals surface area contributed by atoms with Crippen molar-refractivity contribution in [2.24, 2.45) is 0 Å². The van der Waals surface area contributed by atoms with Gasteiger partial charge < -0.3 is 14.8 Å². The maximum Gasteiger partial charge on any atom is 0.329 e. The van der Waals surface area contributed by atoms with Crippen LogP contribution in [-0.2, 0) is 16.0 Å². The van der Waals surface area contributed by atoms with Crippen molar-refractivity contribution in [1.29, 1.82) is 0 Å². The summed E-state index contributed by atoms with van der Waals surface area (Å²) in [6.45, 7) is 0. The lowest BCUT2D eigenvalue weighted by Gasteiger charge is -2.11. The molecular formula is C11H13NO4. The van der Waals surface area contributed by atoms with Crippen molar-refractivity contribution in [2.75, 3.05) is 0 Å². The molecule has 1 aliphatic carbocycles. The smallest absolute Gasteiger partial charge is 0.329 e. The third-order valence-electron chi connectivity index (χ3n) is 2.76. The monoisotopic (exact) mass is 223 g/mol. The first-order chi connectivity index (χ1) is 7.62. The molecular weight excluding hydrogens is 210 g/mol. The van der Waals surface area contributed by atoms with Crippen LogP contribution in [0.15, 0.2) is 23.0 Å². The Hall–Kier alpha value is -1.78. The Bertz CT molecular complexity index is 392. The van der Waals surface area contributed by atoms with Crippen LogP contribution in [0.5, 0.6) is 0 Å². The third kappa shape index (κ3) is 2.24. The van der Waals surface area contributed by atoms with Crippen molar-refractivity contribution >= 4 is 11.9 Å². The molecule has 0 radical (unpaired) electrons. The number of aryl methyl sites for hydroxylation is 1. The van der Waals surface area contributed by atoms with E-state index < -0.39 is 11.5 Å². The van der Waals surface area contributed by atoms with Crippen molar-refractivity contribution in [3.63, 3.8) is 0 Å². The van der Waals surface area contributed by atoms with Crippen molar-refractivity contribution in [3.8, 4) is 0 Å². The molecule has 2 rings (SSSR count). The number of amides is 1. The van der Waals surface area contributed by atoms with Crippen molar-refractivity contribution in [3.05, 3.63) is 24.2 Å². The minimum Gasteiger partial charge on any atom is -0.480 e. The number of hydrogen-bond acceptors (Lipinski definition) is 3. The first kappa shape index (κ1) is 10.7. The summed E-state index contributed by atoms with van der Waals surface area (Å²) < 4.78 is 4.87. The number of hydrogen-bond donors (Lipinski definition) is 2. The van der Waals surface area contributed by atoms with E-state index in [1.54, 1.807) is 18.6 Å². The van der Waals surface area contributed by atoms with E-state index in [9.17, 15) is 9.59 Å². The lowest BCUT2D eigenvalue weighted by molar-refractivity contribution is -0.143. The van der Waals surface area contributed by atoms with Gasteiger partial charge in [-0.25, -0.2) is 4.79 Å². The Morgan fingerprint density at radius 2 is 2.25 bits per heavy atom. The number of rotatable bonds is 5. The van der Waals surface area contributed by atoms with E-state index in [1.165, 1.54) is 0 Å². The quantitative estimate of drug-likeness (QED) is 0.778. The van der Waals surface area contributed by atoms with Gasteiger partial charge >= 0.3 is 5.97 Å². The highest BCUT2D eigenvalue weighted by atomic mass is 16.4. The zero-order chi connectivity index (χ0) is 11.6. The summed E-state index contributed by atoms with van der Waals surface area (Å²) >= 11 is 0. The Labute approximate surface area is 92.4 Å². The fourth-order valence-electron chi connectivity index (χ4n) is 1.54. The topological polar surface area (TPSA) is 79.5 Å². The molecule has 0 aromatic carbocycles. The van der Waals surface area contributed by atoms with Gasteiger partial charge in [-0.15, -0.1) is 0 Å². The number of nitrogens with one attached hydrogen (secondary N) is 1. The molecule has 1 aromatic heterocycles. The second-order valence-corrected chi connectivity index (χ2v) is 4.07. The number of carbonyl (C=O) groups is 2. The molecule has 86 valence electrons. The minimum atomic E-state index is -0.979.